The predicted octanol–water partition coefficient (Wildman–Crippen LogP) is 4.28. The molecule has 0 spiro atoms. The van der Waals surface area contributed by atoms with E-state index in [1.165, 1.54) is 5.56 Å². The summed E-state index contributed by atoms with van der Waals surface area (Å²) in [4.78, 5) is 13.7. The Kier molecular flexibility index (Phi) is 7.49. The fourth-order valence-electron chi connectivity index (χ4n) is 3.59. The second-order valence-electron chi connectivity index (χ2n) is 7.86. The molecule has 1 aliphatic rings. The number of thiophene rings is 1. The Morgan fingerprint density at radius 1 is 1.10 bits per heavy atom. The summed E-state index contributed by atoms with van der Waals surface area (Å²) in [6.07, 6.45) is 2.41. The molecule has 1 atom stereocenters. The maximum Gasteiger partial charge on any atom is 0.220 e. The van der Waals surface area contributed by atoms with Crippen LogP contribution in [0.15, 0.2) is 41.8 Å². The molecule has 1 aromatic carbocycles. The Morgan fingerprint density at radius 2 is 1.76 bits per heavy atom. The van der Waals surface area contributed by atoms with Gasteiger partial charge < -0.3 is 5.32 Å². The topological polar surface area (TPSA) is 66.5 Å². The van der Waals surface area contributed by atoms with E-state index in [1.807, 2.05) is 17.5 Å². The number of sulfonamides is 1. The van der Waals surface area contributed by atoms with Crippen molar-refractivity contribution in [1.82, 2.24) is 9.62 Å². The van der Waals surface area contributed by atoms with Crippen molar-refractivity contribution in [2.45, 2.75) is 51.5 Å². The summed E-state index contributed by atoms with van der Waals surface area (Å²) in [7, 11) is -3.24. The summed E-state index contributed by atoms with van der Waals surface area (Å²) in [6, 6.07) is 12.1. The van der Waals surface area contributed by atoms with E-state index >= 15 is 0 Å². The van der Waals surface area contributed by atoms with Crippen molar-refractivity contribution in [2.24, 2.45) is 0 Å². The monoisotopic (exact) mass is 434 g/mol. The SMILES string of the molecule is CC(C)c1ccc(C(NC(=O)CCCS(=O)(=O)N2CCCC2)c2cccs2)cc1. The lowest BCUT2D eigenvalue weighted by atomic mass is 9.98. The predicted molar refractivity (Wildman–Crippen MR) is 119 cm³/mol. The molecule has 5 nitrogen and oxygen atoms in total. The first-order valence-corrected chi connectivity index (χ1v) is 12.8. The minimum absolute atomic E-state index is 0.0349. The van der Waals surface area contributed by atoms with Crippen molar-refractivity contribution in [2.75, 3.05) is 18.8 Å². The summed E-state index contributed by atoms with van der Waals surface area (Å²) in [5, 5.41) is 5.10. The van der Waals surface area contributed by atoms with Crippen LogP contribution in [0.25, 0.3) is 0 Å². The fourth-order valence-corrected chi connectivity index (χ4v) is 5.98. The first kappa shape index (κ1) is 22.0. The number of hydrogen-bond acceptors (Lipinski definition) is 4. The second kappa shape index (κ2) is 9.87. The number of carbonyl (C=O) groups is 1. The molecule has 1 fully saturated rings. The van der Waals surface area contributed by atoms with Gasteiger partial charge >= 0.3 is 0 Å². The summed E-state index contributed by atoms with van der Waals surface area (Å²) in [5.41, 5.74) is 2.30. The fraction of sp³-hybridized carbons (Fsp3) is 0.500. The van der Waals surface area contributed by atoms with Crippen LogP contribution in [0.1, 0.15) is 67.5 Å². The van der Waals surface area contributed by atoms with Gasteiger partial charge in [-0.2, -0.15) is 0 Å². The summed E-state index contributed by atoms with van der Waals surface area (Å²) >= 11 is 1.61. The van der Waals surface area contributed by atoms with Crippen LogP contribution in [0.5, 0.6) is 0 Å². The Bertz CT molecular complexity index is 885. The lowest BCUT2D eigenvalue weighted by molar-refractivity contribution is -0.121. The van der Waals surface area contributed by atoms with Crippen molar-refractivity contribution in [3.8, 4) is 0 Å². The molecule has 2 aromatic rings. The van der Waals surface area contributed by atoms with E-state index in [9.17, 15) is 13.2 Å². The third-order valence-corrected chi connectivity index (χ3v) is 8.23. The number of benzene rings is 1. The molecule has 1 aromatic heterocycles. The van der Waals surface area contributed by atoms with Gasteiger partial charge in [-0.25, -0.2) is 12.7 Å². The molecule has 158 valence electrons. The van der Waals surface area contributed by atoms with Crippen LogP contribution in [0.4, 0.5) is 0 Å². The number of rotatable bonds is 9. The summed E-state index contributed by atoms with van der Waals surface area (Å²) in [5.74, 6) is 0.372. The molecule has 1 N–H and O–H groups in total. The maximum absolute atomic E-state index is 12.6. The number of nitrogens with one attached hydrogen (secondary N) is 1. The van der Waals surface area contributed by atoms with Gasteiger partial charge in [0.1, 0.15) is 0 Å². The quantitative estimate of drug-likeness (QED) is 0.640. The molecule has 1 saturated heterocycles. The number of nitrogens with zero attached hydrogens (tertiary/aromatic N) is 1. The highest BCUT2D eigenvalue weighted by Crippen LogP contribution is 2.27. The molecule has 0 bridgehead atoms. The van der Waals surface area contributed by atoms with Crippen molar-refractivity contribution in [3.05, 3.63) is 57.8 Å². The molecule has 0 aliphatic carbocycles. The number of amides is 1. The third-order valence-electron chi connectivity index (χ3n) is 5.33. The van der Waals surface area contributed by atoms with E-state index in [1.54, 1.807) is 15.6 Å². The minimum atomic E-state index is -3.24. The van der Waals surface area contributed by atoms with E-state index in [0.717, 1.165) is 23.3 Å². The number of hydrogen-bond donors (Lipinski definition) is 1. The van der Waals surface area contributed by atoms with Gasteiger partial charge in [-0.05, 0) is 47.8 Å². The number of carbonyl (C=O) groups excluding carboxylic acids is 1. The Morgan fingerprint density at radius 3 is 2.34 bits per heavy atom. The zero-order valence-corrected chi connectivity index (χ0v) is 18.8. The Hall–Kier alpha value is -1.70. The van der Waals surface area contributed by atoms with Gasteiger partial charge in [0.15, 0.2) is 0 Å². The first-order chi connectivity index (χ1) is 13.9. The molecule has 2 heterocycles. The normalized spacial score (nSPS) is 16.2. The highest BCUT2D eigenvalue weighted by atomic mass is 32.2. The highest BCUT2D eigenvalue weighted by molar-refractivity contribution is 7.89. The van der Waals surface area contributed by atoms with Crippen LogP contribution in [-0.4, -0.2) is 37.5 Å². The molecule has 1 amide bonds. The third kappa shape index (κ3) is 5.90. The van der Waals surface area contributed by atoms with Gasteiger partial charge in [0.25, 0.3) is 0 Å². The van der Waals surface area contributed by atoms with E-state index < -0.39 is 10.0 Å². The van der Waals surface area contributed by atoms with Crippen LogP contribution in [-0.2, 0) is 14.8 Å². The van der Waals surface area contributed by atoms with Gasteiger partial charge in [0.05, 0.1) is 11.8 Å². The first-order valence-electron chi connectivity index (χ1n) is 10.3. The van der Waals surface area contributed by atoms with E-state index in [0.29, 0.717) is 25.4 Å². The zero-order chi connectivity index (χ0) is 20.9. The molecule has 0 saturated carbocycles. The molecule has 29 heavy (non-hydrogen) atoms. The highest BCUT2D eigenvalue weighted by Gasteiger charge is 2.25. The molecule has 3 rings (SSSR count). The van der Waals surface area contributed by atoms with Crippen molar-refractivity contribution < 1.29 is 13.2 Å². The summed E-state index contributed by atoms with van der Waals surface area (Å²) < 4.78 is 26.2. The Labute approximate surface area is 178 Å². The van der Waals surface area contributed by atoms with Crippen LogP contribution in [0.3, 0.4) is 0 Å². The lowest BCUT2D eigenvalue weighted by Crippen LogP contribution is -2.32. The molecule has 1 aliphatic heterocycles. The van der Waals surface area contributed by atoms with Crippen LogP contribution < -0.4 is 5.32 Å². The van der Waals surface area contributed by atoms with E-state index in [-0.39, 0.29) is 24.1 Å². The van der Waals surface area contributed by atoms with Crippen molar-refractivity contribution in [3.63, 3.8) is 0 Å². The van der Waals surface area contributed by atoms with Gasteiger partial charge in [-0.1, -0.05) is 44.2 Å². The molecule has 1 unspecified atom stereocenters. The molecular weight excluding hydrogens is 404 g/mol. The Balaban J connectivity index is 1.61. The van der Waals surface area contributed by atoms with Crippen molar-refractivity contribution >= 4 is 27.3 Å². The van der Waals surface area contributed by atoms with E-state index in [4.69, 9.17) is 0 Å². The zero-order valence-electron chi connectivity index (χ0n) is 17.1. The van der Waals surface area contributed by atoms with E-state index in [2.05, 4.69) is 43.4 Å². The minimum Gasteiger partial charge on any atom is -0.344 e. The average Bonchev–Trinajstić information content (AvgIpc) is 3.40. The van der Waals surface area contributed by atoms with Crippen LogP contribution in [0.2, 0.25) is 0 Å². The van der Waals surface area contributed by atoms with Gasteiger partial charge in [0, 0.05) is 24.4 Å². The smallest absolute Gasteiger partial charge is 0.220 e. The van der Waals surface area contributed by atoms with Crippen LogP contribution >= 0.6 is 11.3 Å². The molecule has 0 radical (unpaired) electrons. The average molecular weight is 435 g/mol. The van der Waals surface area contributed by atoms with Gasteiger partial charge in [-0.15, -0.1) is 11.3 Å². The van der Waals surface area contributed by atoms with Crippen LogP contribution in [0, 0.1) is 0 Å². The van der Waals surface area contributed by atoms with Gasteiger partial charge in [0.2, 0.25) is 15.9 Å². The lowest BCUT2D eigenvalue weighted by Gasteiger charge is -2.19. The standard InChI is InChI=1S/C22H30N2O3S2/c1-17(2)18-9-11-19(12-10-18)22(20-7-5-15-28-20)23-21(25)8-6-16-29(26,27)24-13-3-4-14-24/h5,7,9-12,15,17,22H,3-4,6,8,13-14,16H2,1-2H3,(H,23,25). The maximum atomic E-state index is 12.6. The molecular formula is C22H30N2O3S2. The van der Waals surface area contributed by atoms with Crippen molar-refractivity contribution in [1.29, 1.82) is 0 Å². The largest absolute Gasteiger partial charge is 0.344 e. The second-order valence-corrected chi connectivity index (χ2v) is 10.9. The van der Waals surface area contributed by atoms with Gasteiger partial charge in [-0.3, -0.25) is 4.79 Å². The molecule has 7 heteroatoms. The summed E-state index contributed by atoms with van der Waals surface area (Å²) in [6.45, 7) is 5.54.